The minimum Gasteiger partial charge on any atom is -0.399 e. The van der Waals surface area contributed by atoms with E-state index in [1.807, 2.05) is 6.92 Å². The van der Waals surface area contributed by atoms with Crippen LogP contribution in [0.2, 0.25) is 0 Å². The second kappa shape index (κ2) is 3.76. The molecule has 0 saturated heterocycles. The van der Waals surface area contributed by atoms with Gasteiger partial charge in [0.1, 0.15) is 11.6 Å². The first kappa shape index (κ1) is 9.32. The van der Waals surface area contributed by atoms with Gasteiger partial charge in [-0.25, -0.2) is 8.78 Å². The van der Waals surface area contributed by atoms with E-state index in [1.165, 1.54) is 0 Å². The maximum atomic E-state index is 13.0. The van der Waals surface area contributed by atoms with Crippen LogP contribution in [-0.4, -0.2) is 5.75 Å². The molecule has 1 rings (SSSR count). The maximum Gasteiger partial charge on any atom is 0.141 e. The average Bonchev–Trinajstić information content (AvgIpc) is 1.96. The van der Waals surface area contributed by atoms with Gasteiger partial charge in [0.05, 0.1) is 4.90 Å². The van der Waals surface area contributed by atoms with Crippen molar-refractivity contribution in [3.8, 4) is 0 Å². The molecule has 0 fully saturated rings. The van der Waals surface area contributed by atoms with Crippen molar-refractivity contribution in [2.75, 3.05) is 11.5 Å². The number of nitrogen functional groups attached to an aromatic ring is 1. The van der Waals surface area contributed by atoms with Crippen LogP contribution >= 0.6 is 11.8 Å². The zero-order valence-corrected chi connectivity index (χ0v) is 7.42. The fourth-order valence-electron chi connectivity index (χ4n) is 0.862. The van der Waals surface area contributed by atoms with Crippen molar-refractivity contribution in [2.24, 2.45) is 0 Å². The number of nitrogens with two attached hydrogens (primary N) is 1. The Hall–Kier alpha value is -0.770. The molecule has 4 heteroatoms. The van der Waals surface area contributed by atoms with Gasteiger partial charge < -0.3 is 5.73 Å². The van der Waals surface area contributed by atoms with Gasteiger partial charge in [-0.3, -0.25) is 0 Å². The average molecular weight is 189 g/mol. The monoisotopic (exact) mass is 189 g/mol. The fourth-order valence-corrected chi connectivity index (χ4v) is 1.54. The summed E-state index contributed by atoms with van der Waals surface area (Å²) in [6.45, 7) is 1.83. The van der Waals surface area contributed by atoms with E-state index in [9.17, 15) is 8.78 Å². The Balaban J connectivity index is 3.10. The highest BCUT2D eigenvalue weighted by Gasteiger charge is 2.09. The standard InChI is InChI=1S/C8H9F2NS/c1-2-12-8-6(9)3-5(11)4-7(8)10/h3-4H,2,11H2,1H3. The third-order valence-electron chi connectivity index (χ3n) is 1.31. The summed E-state index contributed by atoms with van der Waals surface area (Å²) in [6.07, 6.45) is 0. The molecular weight excluding hydrogens is 180 g/mol. The largest absolute Gasteiger partial charge is 0.399 e. The SMILES string of the molecule is CCSc1c(F)cc(N)cc1F. The molecule has 12 heavy (non-hydrogen) atoms. The summed E-state index contributed by atoms with van der Waals surface area (Å²) in [6, 6.07) is 2.25. The van der Waals surface area contributed by atoms with Crippen molar-refractivity contribution in [1.29, 1.82) is 0 Å². The molecule has 0 heterocycles. The maximum absolute atomic E-state index is 13.0. The van der Waals surface area contributed by atoms with Gasteiger partial charge in [-0.2, -0.15) is 0 Å². The van der Waals surface area contributed by atoms with Crippen molar-refractivity contribution < 1.29 is 8.78 Å². The van der Waals surface area contributed by atoms with Gasteiger partial charge in [-0.1, -0.05) is 6.92 Å². The van der Waals surface area contributed by atoms with E-state index in [-0.39, 0.29) is 10.6 Å². The first-order valence-corrected chi connectivity index (χ1v) is 4.51. The van der Waals surface area contributed by atoms with Gasteiger partial charge in [0.15, 0.2) is 0 Å². The molecule has 1 aromatic rings. The second-order valence-electron chi connectivity index (χ2n) is 2.25. The van der Waals surface area contributed by atoms with Crippen LogP contribution in [0.15, 0.2) is 17.0 Å². The number of hydrogen-bond acceptors (Lipinski definition) is 2. The summed E-state index contributed by atoms with van der Waals surface area (Å²) >= 11 is 1.13. The molecule has 2 N–H and O–H groups in total. The fraction of sp³-hybridized carbons (Fsp3) is 0.250. The molecule has 0 amide bonds. The molecule has 0 bridgehead atoms. The van der Waals surface area contributed by atoms with Crippen LogP contribution in [0, 0.1) is 11.6 Å². The number of halogens is 2. The van der Waals surface area contributed by atoms with Gasteiger partial charge in [0, 0.05) is 5.69 Å². The zero-order valence-electron chi connectivity index (χ0n) is 6.60. The molecule has 0 atom stereocenters. The van der Waals surface area contributed by atoms with Crippen LogP contribution in [0.25, 0.3) is 0 Å². The minimum atomic E-state index is -0.584. The Bertz CT molecular complexity index is 265. The first-order chi connectivity index (χ1) is 5.65. The van der Waals surface area contributed by atoms with Crippen LogP contribution in [0.3, 0.4) is 0 Å². The van der Waals surface area contributed by atoms with E-state index in [4.69, 9.17) is 5.73 Å². The molecule has 0 radical (unpaired) electrons. The van der Waals surface area contributed by atoms with E-state index in [0.717, 1.165) is 23.9 Å². The molecule has 0 spiro atoms. The summed E-state index contributed by atoms with van der Waals surface area (Å²) < 4.78 is 25.9. The predicted molar refractivity (Wildman–Crippen MR) is 47.2 cm³/mol. The second-order valence-corrected chi connectivity index (χ2v) is 3.52. The lowest BCUT2D eigenvalue weighted by atomic mass is 10.3. The third kappa shape index (κ3) is 1.88. The van der Waals surface area contributed by atoms with Crippen molar-refractivity contribution in [2.45, 2.75) is 11.8 Å². The summed E-state index contributed by atoms with van der Waals surface area (Å²) in [4.78, 5) is 0.0479. The first-order valence-electron chi connectivity index (χ1n) is 3.52. The Labute approximate surface area is 74.0 Å². The highest BCUT2D eigenvalue weighted by molar-refractivity contribution is 7.99. The van der Waals surface area contributed by atoms with Gasteiger partial charge in [0.2, 0.25) is 0 Å². The zero-order chi connectivity index (χ0) is 9.14. The highest BCUT2D eigenvalue weighted by Crippen LogP contribution is 2.26. The highest BCUT2D eigenvalue weighted by atomic mass is 32.2. The molecule has 0 unspecified atom stereocenters. The molecule has 0 aliphatic carbocycles. The Kier molecular flexibility index (Phi) is 2.92. The predicted octanol–water partition coefficient (Wildman–Crippen LogP) is 2.66. The smallest absolute Gasteiger partial charge is 0.141 e. The number of anilines is 1. The third-order valence-corrected chi connectivity index (χ3v) is 2.28. The summed E-state index contributed by atoms with van der Waals surface area (Å²) in [5.74, 6) is -0.531. The van der Waals surface area contributed by atoms with Crippen molar-refractivity contribution in [1.82, 2.24) is 0 Å². The lowest BCUT2D eigenvalue weighted by molar-refractivity contribution is 0.542. The van der Waals surface area contributed by atoms with Crippen LogP contribution in [0.4, 0.5) is 14.5 Å². The van der Waals surface area contributed by atoms with E-state index < -0.39 is 11.6 Å². The van der Waals surface area contributed by atoms with Crippen molar-refractivity contribution in [3.05, 3.63) is 23.8 Å². The van der Waals surface area contributed by atoms with Gasteiger partial charge >= 0.3 is 0 Å². The molecule has 1 nitrogen and oxygen atoms in total. The number of thioether (sulfide) groups is 1. The molecule has 0 aliphatic heterocycles. The topological polar surface area (TPSA) is 26.0 Å². The molecule has 0 aliphatic rings. The number of rotatable bonds is 2. The molecule has 1 aromatic carbocycles. The lowest BCUT2D eigenvalue weighted by Gasteiger charge is -2.03. The van der Waals surface area contributed by atoms with Crippen LogP contribution in [-0.2, 0) is 0 Å². The van der Waals surface area contributed by atoms with Crippen LogP contribution in [0.1, 0.15) is 6.92 Å². The normalized spacial score (nSPS) is 10.2. The number of hydrogen-bond donors (Lipinski definition) is 1. The molecule has 0 aromatic heterocycles. The van der Waals surface area contributed by atoms with Crippen molar-refractivity contribution >= 4 is 17.4 Å². The Morgan fingerprint density at radius 3 is 2.25 bits per heavy atom. The minimum absolute atomic E-state index is 0.0479. The van der Waals surface area contributed by atoms with E-state index in [1.54, 1.807) is 0 Å². The van der Waals surface area contributed by atoms with E-state index >= 15 is 0 Å². The Morgan fingerprint density at radius 1 is 1.33 bits per heavy atom. The van der Waals surface area contributed by atoms with Crippen LogP contribution < -0.4 is 5.73 Å². The van der Waals surface area contributed by atoms with Crippen molar-refractivity contribution in [3.63, 3.8) is 0 Å². The molecular formula is C8H9F2NS. The van der Waals surface area contributed by atoms with E-state index in [2.05, 4.69) is 0 Å². The molecule has 66 valence electrons. The summed E-state index contributed by atoms with van der Waals surface area (Å²) in [7, 11) is 0. The van der Waals surface area contributed by atoms with Gasteiger partial charge in [0.25, 0.3) is 0 Å². The van der Waals surface area contributed by atoms with E-state index in [0.29, 0.717) is 5.75 Å². The Morgan fingerprint density at radius 2 is 1.83 bits per heavy atom. The quantitative estimate of drug-likeness (QED) is 0.571. The van der Waals surface area contributed by atoms with Gasteiger partial charge in [-0.15, -0.1) is 11.8 Å². The molecule has 0 saturated carbocycles. The van der Waals surface area contributed by atoms with Gasteiger partial charge in [-0.05, 0) is 17.9 Å². The van der Waals surface area contributed by atoms with Crippen LogP contribution in [0.5, 0.6) is 0 Å². The lowest BCUT2D eigenvalue weighted by Crippen LogP contribution is -1.93. The number of benzene rings is 1. The summed E-state index contributed by atoms with van der Waals surface area (Å²) in [5, 5.41) is 0. The summed E-state index contributed by atoms with van der Waals surface area (Å²) in [5.41, 5.74) is 5.35.